The van der Waals surface area contributed by atoms with Crippen molar-refractivity contribution in [1.29, 1.82) is 0 Å². The summed E-state index contributed by atoms with van der Waals surface area (Å²) < 4.78 is 2.01. The number of aromatic nitrogens is 2. The summed E-state index contributed by atoms with van der Waals surface area (Å²) in [6, 6.07) is 6.25. The zero-order valence-corrected chi connectivity index (χ0v) is 12.8. The van der Waals surface area contributed by atoms with Crippen molar-refractivity contribution in [2.75, 3.05) is 0 Å². The minimum absolute atomic E-state index is 0.421. The maximum absolute atomic E-state index is 11.3. The summed E-state index contributed by atoms with van der Waals surface area (Å²) in [6.07, 6.45) is 0.421. The highest BCUT2D eigenvalue weighted by atomic mass is 16.4. The molecule has 0 atom stereocenters. The van der Waals surface area contributed by atoms with Gasteiger partial charge in [-0.3, -0.25) is 4.79 Å². The van der Waals surface area contributed by atoms with Crippen molar-refractivity contribution in [3.05, 3.63) is 29.6 Å². The summed E-state index contributed by atoms with van der Waals surface area (Å²) in [5, 5.41) is 9.25. The Balaban J connectivity index is 2.46. The number of hydrogen-bond donors (Lipinski definition) is 1. The summed E-state index contributed by atoms with van der Waals surface area (Å²) in [6.45, 7) is 7.78. The lowest BCUT2D eigenvalue weighted by molar-refractivity contribution is -0.146. The van der Waals surface area contributed by atoms with E-state index in [2.05, 4.69) is 31.0 Å². The standard InChI is InChI=1S/C16H22N2O2/c1-10(2)11-6-7-12-13(8-11)18(5)14(17-12)9-16(3,4)15(19)20/h6-8,10H,9H2,1-5H3,(H,19,20). The highest BCUT2D eigenvalue weighted by Crippen LogP contribution is 2.26. The number of nitrogens with zero attached hydrogens (tertiary/aromatic N) is 2. The zero-order valence-electron chi connectivity index (χ0n) is 12.8. The number of benzene rings is 1. The molecule has 1 aromatic carbocycles. The van der Waals surface area contributed by atoms with Crippen LogP contribution in [0.25, 0.3) is 11.0 Å². The normalized spacial score (nSPS) is 12.3. The summed E-state index contributed by atoms with van der Waals surface area (Å²) >= 11 is 0. The van der Waals surface area contributed by atoms with Crippen LogP contribution in [0.5, 0.6) is 0 Å². The first-order valence-electron chi connectivity index (χ1n) is 6.91. The average Bonchev–Trinajstić information content (AvgIpc) is 2.65. The molecule has 1 N–H and O–H groups in total. The van der Waals surface area contributed by atoms with Gasteiger partial charge < -0.3 is 9.67 Å². The van der Waals surface area contributed by atoms with E-state index in [0.717, 1.165) is 16.9 Å². The molecular weight excluding hydrogens is 252 g/mol. The quantitative estimate of drug-likeness (QED) is 0.930. The van der Waals surface area contributed by atoms with Gasteiger partial charge in [0.15, 0.2) is 0 Å². The number of aryl methyl sites for hydroxylation is 1. The van der Waals surface area contributed by atoms with Crippen molar-refractivity contribution >= 4 is 17.0 Å². The van der Waals surface area contributed by atoms with E-state index in [1.165, 1.54) is 5.56 Å². The molecule has 0 saturated heterocycles. The van der Waals surface area contributed by atoms with Gasteiger partial charge in [0, 0.05) is 13.5 Å². The highest BCUT2D eigenvalue weighted by molar-refractivity contribution is 5.78. The molecule has 0 spiro atoms. The first kappa shape index (κ1) is 14.6. The number of carbonyl (C=O) groups is 1. The second-order valence-corrected chi connectivity index (χ2v) is 6.36. The molecule has 0 unspecified atom stereocenters. The van der Waals surface area contributed by atoms with E-state index < -0.39 is 11.4 Å². The Kier molecular flexibility index (Phi) is 3.59. The average molecular weight is 274 g/mol. The van der Waals surface area contributed by atoms with E-state index >= 15 is 0 Å². The molecule has 0 bridgehead atoms. The molecule has 4 heteroatoms. The number of imidazole rings is 1. The number of rotatable bonds is 4. The molecule has 0 amide bonds. The third-order valence-electron chi connectivity index (χ3n) is 3.84. The lowest BCUT2D eigenvalue weighted by Gasteiger charge is -2.18. The van der Waals surface area contributed by atoms with E-state index in [-0.39, 0.29) is 0 Å². The van der Waals surface area contributed by atoms with Gasteiger partial charge in [0.25, 0.3) is 0 Å². The summed E-state index contributed by atoms with van der Waals surface area (Å²) in [4.78, 5) is 15.8. The van der Waals surface area contributed by atoms with Gasteiger partial charge in [-0.15, -0.1) is 0 Å². The molecule has 2 rings (SSSR count). The molecular formula is C16H22N2O2. The molecule has 1 heterocycles. The van der Waals surface area contributed by atoms with Crippen molar-refractivity contribution < 1.29 is 9.90 Å². The first-order chi connectivity index (χ1) is 9.22. The molecule has 1 aromatic heterocycles. The molecule has 0 radical (unpaired) electrons. The van der Waals surface area contributed by atoms with Crippen LogP contribution in [0.2, 0.25) is 0 Å². The molecule has 0 aliphatic heterocycles. The molecule has 0 aliphatic rings. The smallest absolute Gasteiger partial charge is 0.309 e. The Bertz CT molecular complexity index is 654. The first-order valence-corrected chi connectivity index (χ1v) is 6.91. The maximum Gasteiger partial charge on any atom is 0.309 e. The monoisotopic (exact) mass is 274 g/mol. The lowest BCUT2D eigenvalue weighted by Crippen LogP contribution is -2.27. The summed E-state index contributed by atoms with van der Waals surface area (Å²) in [5.74, 6) is 0.481. The van der Waals surface area contributed by atoms with Gasteiger partial charge in [-0.25, -0.2) is 4.98 Å². The van der Waals surface area contributed by atoms with Crippen LogP contribution in [0.3, 0.4) is 0 Å². The van der Waals surface area contributed by atoms with Crippen LogP contribution in [-0.2, 0) is 18.3 Å². The van der Waals surface area contributed by atoms with Gasteiger partial charge in [0.05, 0.1) is 16.4 Å². The number of hydrogen-bond acceptors (Lipinski definition) is 2. The molecule has 0 saturated carbocycles. The van der Waals surface area contributed by atoms with Crippen LogP contribution in [0.4, 0.5) is 0 Å². The zero-order chi connectivity index (χ0) is 15.1. The van der Waals surface area contributed by atoms with Crippen LogP contribution in [-0.4, -0.2) is 20.6 Å². The molecule has 4 nitrogen and oxygen atoms in total. The van der Waals surface area contributed by atoms with Gasteiger partial charge >= 0.3 is 5.97 Å². The Morgan fingerprint density at radius 1 is 1.40 bits per heavy atom. The third-order valence-corrected chi connectivity index (χ3v) is 3.84. The topological polar surface area (TPSA) is 55.1 Å². The number of fused-ring (bicyclic) bond motifs is 1. The van der Waals surface area contributed by atoms with Crippen molar-refractivity contribution in [1.82, 2.24) is 9.55 Å². The summed E-state index contributed by atoms with van der Waals surface area (Å²) in [7, 11) is 1.95. The fourth-order valence-corrected chi connectivity index (χ4v) is 2.24. The Morgan fingerprint density at radius 2 is 2.05 bits per heavy atom. The number of aliphatic carboxylic acids is 1. The third kappa shape index (κ3) is 2.55. The predicted molar refractivity (Wildman–Crippen MR) is 79.9 cm³/mol. The van der Waals surface area contributed by atoms with Crippen LogP contribution < -0.4 is 0 Å². The number of carboxylic acid groups (broad SMARTS) is 1. The fraction of sp³-hybridized carbons (Fsp3) is 0.500. The number of carboxylic acids is 1. The van der Waals surface area contributed by atoms with Crippen LogP contribution in [0, 0.1) is 5.41 Å². The summed E-state index contributed by atoms with van der Waals surface area (Å²) in [5.41, 5.74) is 2.45. The van der Waals surface area contributed by atoms with E-state index in [1.54, 1.807) is 13.8 Å². The predicted octanol–water partition coefficient (Wildman–Crippen LogP) is 3.35. The van der Waals surface area contributed by atoms with Crippen molar-refractivity contribution in [2.24, 2.45) is 12.5 Å². The van der Waals surface area contributed by atoms with Crippen molar-refractivity contribution in [3.63, 3.8) is 0 Å². The van der Waals surface area contributed by atoms with Crippen LogP contribution in [0.15, 0.2) is 18.2 Å². The maximum atomic E-state index is 11.3. The molecule has 20 heavy (non-hydrogen) atoms. The molecule has 0 fully saturated rings. The van der Waals surface area contributed by atoms with E-state index in [9.17, 15) is 9.90 Å². The minimum atomic E-state index is -0.810. The molecule has 0 aliphatic carbocycles. The van der Waals surface area contributed by atoms with Gasteiger partial charge in [0.2, 0.25) is 0 Å². The van der Waals surface area contributed by atoms with E-state index in [0.29, 0.717) is 12.3 Å². The van der Waals surface area contributed by atoms with Crippen LogP contribution in [0.1, 0.15) is 45.0 Å². The second kappa shape index (κ2) is 4.93. The van der Waals surface area contributed by atoms with E-state index in [1.807, 2.05) is 17.7 Å². The molecule has 2 aromatic rings. The van der Waals surface area contributed by atoms with Gasteiger partial charge in [-0.2, -0.15) is 0 Å². The second-order valence-electron chi connectivity index (χ2n) is 6.36. The van der Waals surface area contributed by atoms with Gasteiger partial charge in [-0.05, 0) is 37.5 Å². The largest absolute Gasteiger partial charge is 0.481 e. The fourth-order valence-electron chi connectivity index (χ4n) is 2.24. The van der Waals surface area contributed by atoms with Crippen LogP contribution >= 0.6 is 0 Å². The minimum Gasteiger partial charge on any atom is -0.481 e. The van der Waals surface area contributed by atoms with Gasteiger partial charge in [0.1, 0.15) is 5.82 Å². The SMILES string of the molecule is CC(C)c1ccc2nc(CC(C)(C)C(=O)O)n(C)c2c1. The Morgan fingerprint density at radius 3 is 2.60 bits per heavy atom. The van der Waals surface area contributed by atoms with Crippen molar-refractivity contribution in [3.8, 4) is 0 Å². The van der Waals surface area contributed by atoms with Gasteiger partial charge in [-0.1, -0.05) is 19.9 Å². The lowest BCUT2D eigenvalue weighted by atomic mass is 9.89. The van der Waals surface area contributed by atoms with Crippen molar-refractivity contribution in [2.45, 2.75) is 40.0 Å². The molecule has 108 valence electrons. The Labute approximate surface area is 119 Å². The highest BCUT2D eigenvalue weighted by Gasteiger charge is 2.29. The Hall–Kier alpha value is -1.84. The van der Waals surface area contributed by atoms with E-state index in [4.69, 9.17) is 0 Å².